The molecule has 0 N–H and O–H groups in total. The van der Waals surface area contributed by atoms with Gasteiger partial charge in [0.2, 0.25) is 0 Å². The fourth-order valence-corrected chi connectivity index (χ4v) is 12.6. The van der Waals surface area contributed by atoms with Crippen molar-refractivity contribution in [2.75, 3.05) is 19.8 Å². The zero-order valence-corrected chi connectivity index (χ0v) is 38.7. The number of ether oxygens (including phenoxy) is 3. The van der Waals surface area contributed by atoms with Crippen LogP contribution < -0.4 is 0 Å². The van der Waals surface area contributed by atoms with Gasteiger partial charge in [0.1, 0.15) is 0 Å². The van der Waals surface area contributed by atoms with Crippen molar-refractivity contribution < 1.29 is 28.6 Å². The van der Waals surface area contributed by atoms with Gasteiger partial charge in [0.15, 0.2) is 0 Å². The normalized spacial score (nSPS) is 28.5. The zero-order chi connectivity index (χ0) is 42.2. The lowest BCUT2D eigenvalue weighted by Crippen LogP contribution is -2.35. The molecule has 4 aliphatic carbocycles. The average Bonchev–Trinajstić information content (AvgIpc) is 3.94. The largest absolute Gasteiger partial charge is 0.463 e. The molecular formula is C53H90O6. The van der Waals surface area contributed by atoms with Crippen molar-refractivity contribution in [1.82, 2.24) is 0 Å². The number of hydrogen-bond acceptors (Lipinski definition) is 6. The Hall–Kier alpha value is -2.11. The lowest BCUT2D eigenvalue weighted by molar-refractivity contribution is -0.141. The molecule has 0 amide bonds. The van der Waals surface area contributed by atoms with E-state index in [9.17, 15) is 14.4 Å². The molecule has 4 rings (SSSR count). The average molecular weight is 823 g/mol. The zero-order valence-electron chi connectivity index (χ0n) is 38.7. The van der Waals surface area contributed by atoms with Crippen LogP contribution in [0.2, 0.25) is 0 Å². The highest BCUT2D eigenvalue weighted by molar-refractivity contribution is 5.91. The summed E-state index contributed by atoms with van der Waals surface area (Å²) < 4.78 is 16.6. The van der Waals surface area contributed by atoms with Gasteiger partial charge in [-0.1, -0.05) is 156 Å². The van der Waals surface area contributed by atoms with E-state index in [4.69, 9.17) is 14.2 Å². The molecule has 0 saturated heterocycles. The summed E-state index contributed by atoms with van der Waals surface area (Å²) >= 11 is 0. The van der Waals surface area contributed by atoms with Gasteiger partial charge in [-0.25, -0.2) is 14.4 Å². The molecule has 0 aromatic carbocycles. The lowest BCUT2D eigenvalue weighted by atomic mass is 9.61. The first-order valence-electron chi connectivity index (χ1n) is 25.6. The third-order valence-electron chi connectivity index (χ3n) is 15.6. The molecule has 4 saturated carbocycles. The molecule has 0 spiro atoms. The number of carbonyl (C=O) groups excluding carboxylic acids is 3. The van der Waals surface area contributed by atoms with E-state index >= 15 is 0 Å². The Labute approximate surface area is 362 Å². The maximum absolute atomic E-state index is 12.5. The van der Waals surface area contributed by atoms with Crippen LogP contribution in [0.25, 0.3) is 0 Å². The molecule has 10 atom stereocenters. The SMILES string of the molecule is C=C(C)C(=O)OCC1CC2CC1C1CC(COC(=O)/C=C/C(=O)OCCCCCCCC3C(CCCCCCCC)CCC(CCCCCC)C3CCCCCC)CC21. The first-order valence-corrected chi connectivity index (χ1v) is 25.6. The van der Waals surface area contributed by atoms with Gasteiger partial charge in [0, 0.05) is 17.7 Å². The van der Waals surface area contributed by atoms with Crippen LogP contribution in [0.3, 0.4) is 0 Å². The van der Waals surface area contributed by atoms with Crippen LogP contribution in [-0.4, -0.2) is 37.7 Å². The predicted molar refractivity (Wildman–Crippen MR) is 243 cm³/mol. The monoisotopic (exact) mass is 823 g/mol. The maximum Gasteiger partial charge on any atom is 0.333 e. The molecule has 0 radical (unpaired) electrons. The van der Waals surface area contributed by atoms with Crippen molar-refractivity contribution in [2.45, 2.75) is 214 Å². The number of esters is 3. The van der Waals surface area contributed by atoms with Gasteiger partial charge in [-0.2, -0.15) is 0 Å². The summed E-state index contributed by atoms with van der Waals surface area (Å²) in [5, 5.41) is 0. The molecule has 6 heteroatoms. The first-order chi connectivity index (χ1) is 28.7. The fraction of sp³-hybridized carbons (Fsp3) is 0.868. The van der Waals surface area contributed by atoms with Crippen molar-refractivity contribution in [3.8, 4) is 0 Å². The topological polar surface area (TPSA) is 78.9 Å². The minimum atomic E-state index is -0.468. The van der Waals surface area contributed by atoms with E-state index in [1.54, 1.807) is 6.92 Å². The first kappa shape index (κ1) is 49.5. The molecule has 338 valence electrons. The van der Waals surface area contributed by atoms with Gasteiger partial charge in [-0.3, -0.25) is 0 Å². The van der Waals surface area contributed by atoms with E-state index in [0.717, 1.165) is 55.8 Å². The minimum absolute atomic E-state index is 0.290. The molecule has 6 nitrogen and oxygen atoms in total. The van der Waals surface area contributed by atoms with E-state index < -0.39 is 11.9 Å². The van der Waals surface area contributed by atoms with E-state index in [0.29, 0.717) is 60.9 Å². The molecule has 4 fully saturated rings. The smallest absolute Gasteiger partial charge is 0.333 e. The summed E-state index contributed by atoms with van der Waals surface area (Å²) in [6, 6.07) is 0. The van der Waals surface area contributed by atoms with Gasteiger partial charge in [0.25, 0.3) is 0 Å². The Morgan fingerprint density at radius 2 is 1.00 bits per heavy atom. The van der Waals surface area contributed by atoms with Crippen LogP contribution >= 0.6 is 0 Å². The number of carbonyl (C=O) groups is 3. The molecule has 10 unspecified atom stereocenters. The molecule has 0 aromatic heterocycles. The van der Waals surface area contributed by atoms with Crippen LogP contribution in [-0.2, 0) is 28.6 Å². The molecule has 0 aromatic rings. The molecule has 0 heterocycles. The Bertz CT molecular complexity index is 1240. The summed E-state index contributed by atoms with van der Waals surface area (Å²) in [5.74, 6) is 5.95. The van der Waals surface area contributed by atoms with Crippen LogP contribution in [0.15, 0.2) is 24.3 Å². The van der Waals surface area contributed by atoms with Gasteiger partial charge in [-0.05, 0) is 124 Å². The van der Waals surface area contributed by atoms with E-state index in [1.807, 2.05) is 0 Å². The number of rotatable bonds is 32. The predicted octanol–water partition coefficient (Wildman–Crippen LogP) is 14.3. The highest BCUT2D eigenvalue weighted by Crippen LogP contribution is 2.62. The van der Waals surface area contributed by atoms with E-state index in [-0.39, 0.29) is 5.97 Å². The second-order valence-corrected chi connectivity index (χ2v) is 20.1. The van der Waals surface area contributed by atoms with Crippen molar-refractivity contribution in [3.05, 3.63) is 24.3 Å². The summed E-state index contributed by atoms with van der Waals surface area (Å²) in [6.45, 7) is 13.7. The van der Waals surface area contributed by atoms with E-state index in [1.165, 1.54) is 166 Å². The van der Waals surface area contributed by atoms with E-state index in [2.05, 4.69) is 27.4 Å². The molecular weight excluding hydrogens is 733 g/mol. The molecule has 59 heavy (non-hydrogen) atoms. The number of fused-ring (bicyclic) bond motifs is 5. The second kappa shape index (κ2) is 28.5. The van der Waals surface area contributed by atoms with Crippen LogP contribution in [0.5, 0.6) is 0 Å². The van der Waals surface area contributed by atoms with Gasteiger partial charge >= 0.3 is 17.9 Å². The molecule has 0 aliphatic heterocycles. The van der Waals surface area contributed by atoms with Crippen molar-refractivity contribution in [1.29, 1.82) is 0 Å². The van der Waals surface area contributed by atoms with Crippen molar-refractivity contribution in [3.63, 3.8) is 0 Å². The van der Waals surface area contributed by atoms with Crippen LogP contribution in [0, 0.1) is 59.2 Å². The van der Waals surface area contributed by atoms with Gasteiger partial charge < -0.3 is 14.2 Å². The highest BCUT2D eigenvalue weighted by atomic mass is 16.5. The number of unbranched alkanes of at least 4 members (excludes halogenated alkanes) is 15. The fourth-order valence-electron chi connectivity index (χ4n) is 12.6. The van der Waals surface area contributed by atoms with Crippen LogP contribution in [0.4, 0.5) is 0 Å². The van der Waals surface area contributed by atoms with Crippen molar-refractivity contribution >= 4 is 17.9 Å². The second-order valence-electron chi connectivity index (χ2n) is 20.1. The Morgan fingerprint density at radius 3 is 1.58 bits per heavy atom. The molecule has 4 aliphatic rings. The summed E-state index contributed by atoms with van der Waals surface area (Å²) in [7, 11) is 0. The minimum Gasteiger partial charge on any atom is -0.463 e. The summed E-state index contributed by atoms with van der Waals surface area (Å²) in [6.07, 6.45) is 41.1. The third kappa shape index (κ3) is 17.3. The van der Waals surface area contributed by atoms with Gasteiger partial charge in [0.05, 0.1) is 19.8 Å². The summed E-state index contributed by atoms with van der Waals surface area (Å²) in [5.41, 5.74) is 0.454. The van der Waals surface area contributed by atoms with Crippen molar-refractivity contribution in [2.24, 2.45) is 59.2 Å². The third-order valence-corrected chi connectivity index (χ3v) is 15.6. The Kier molecular flexibility index (Phi) is 23.9. The quantitative estimate of drug-likeness (QED) is 0.0291. The number of hydrogen-bond donors (Lipinski definition) is 0. The standard InChI is InChI=1S/C53H90O6/c1-6-9-12-15-17-21-26-43-30-29-42(25-20-13-10-7-2)46(27-22-14-11-8-3)47(43)28-23-18-16-19-24-33-57-51(54)31-32-52(55)58-38-41-34-48-44-36-45(39-59-53(56)40(4)5)49(37-44)50(48)35-41/h31-32,41-50H,4,6-30,33-39H2,1-3,5H3/b32-31+. The Morgan fingerprint density at radius 1 is 0.508 bits per heavy atom. The Balaban J connectivity index is 1.10. The van der Waals surface area contributed by atoms with Gasteiger partial charge in [-0.15, -0.1) is 0 Å². The van der Waals surface area contributed by atoms with Crippen LogP contribution in [0.1, 0.15) is 214 Å². The maximum atomic E-state index is 12.5. The molecule has 2 bridgehead atoms. The summed E-state index contributed by atoms with van der Waals surface area (Å²) in [4.78, 5) is 36.8. The highest BCUT2D eigenvalue weighted by Gasteiger charge is 2.56. The lowest BCUT2D eigenvalue weighted by Gasteiger charge is -2.44.